The van der Waals surface area contributed by atoms with Gasteiger partial charge in [-0.3, -0.25) is 4.79 Å². The van der Waals surface area contributed by atoms with E-state index in [1.54, 1.807) is 11.0 Å². The van der Waals surface area contributed by atoms with Crippen LogP contribution in [0.15, 0.2) is 18.3 Å². The van der Waals surface area contributed by atoms with Gasteiger partial charge in [-0.25, -0.2) is 4.98 Å². The number of nitrogens with two attached hydrogens (primary N) is 1. The summed E-state index contributed by atoms with van der Waals surface area (Å²) >= 11 is 0. The van der Waals surface area contributed by atoms with Crippen LogP contribution in [-0.2, 0) is 0 Å². The normalized spacial score (nSPS) is 11.4. The van der Waals surface area contributed by atoms with E-state index in [0.29, 0.717) is 19.6 Å². The highest BCUT2D eigenvalue weighted by molar-refractivity contribution is 5.94. The third kappa shape index (κ3) is 4.21. The Bertz CT molecular complexity index is 432. The molecule has 0 spiro atoms. The molecule has 3 N–H and O–H groups in total. The average molecular weight is 265 g/mol. The van der Waals surface area contributed by atoms with Gasteiger partial charge in [0.1, 0.15) is 5.75 Å². The van der Waals surface area contributed by atoms with Crippen LogP contribution >= 0.6 is 0 Å². The van der Waals surface area contributed by atoms with Crippen LogP contribution in [0, 0.1) is 5.41 Å². The summed E-state index contributed by atoms with van der Waals surface area (Å²) in [5, 5.41) is 9.72. The smallest absolute Gasteiger partial charge is 0.276 e. The molecule has 0 aliphatic carbocycles. The van der Waals surface area contributed by atoms with Gasteiger partial charge in [0.05, 0.1) is 0 Å². The van der Waals surface area contributed by atoms with Crippen LogP contribution in [0.3, 0.4) is 0 Å². The lowest BCUT2D eigenvalue weighted by Gasteiger charge is -2.31. The number of pyridine rings is 1. The van der Waals surface area contributed by atoms with Crippen molar-refractivity contribution in [2.24, 2.45) is 11.1 Å². The van der Waals surface area contributed by atoms with E-state index in [2.05, 4.69) is 4.98 Å². The fourth-order valence-corrected chi connectivity index (χ4v) is 1.81. The Balaban J connectivity index is 2.93. The van der Waals surface area contributed by atoms with Gasteiger partial charge in [0.25, 0.3) is 5.91 Å². The first-order valence-corrected chi connectivity index (χ1v) is 6.54. The molecular weight excluding hydrogens is 242 g/mol. The van der Waals surface area contributed by atoms with Crippen molar-refractivity contribution in [2.75, 3.05) is 19.6 Å². The fourth-order valence-electron chi connectivity index (χ4n) is 1.81. The zero-order valence-electron chi connectivity index (χ0n) is 11.9. The number of aromatic nitrogens is 1. The number of hydrogen-bond acceptors (Lipinski definition) is 4. The van der Waals surface area contributed by atoms with Gasteiger partial charge in [-0.1, -0.05) is 20.8 Å². The van der Waals surface area contributed by atoms with Crippen LogP contribution in [0.2, 0.25) is 0 Å². The van der Waals surface area contributed by atoms with E-state index in [0.717, 1.165) is 6.42 Å². The number of aromatic hydroxyl groups is 1. The van der Waals surface area contributed by atoms with Crippen LogP contribution in [0.4, 0.5) is 0 Å². The summed E-state index contributed by atoms with van der Waals surface area (Å²) in [7, 11) is 0. The minimum absolute atomic E-state index is 0.0841. The fraction of sp³-hybridized carbons (Fsp3) is 0.571. The zero-order valence-corrected chi connectivity index (χ0v) is 11.9. The summed E-state index contributed by atoms with van der Waals surface area (Å²) in [6.07, 6.45) is 2.35. The van der Waals surface area contributed by atoms with Crippen molar-refractivity contribution in [1.82, 2.24) is 9.88 Å². The Labute approximate surface area is 114 Å². The van der Waals surface area contributed by atoms with Gasteiger partial charge in [0, 0.05) is 19.3 Å². The molecule has 0 fully saturated rings. The maximum absolute atomic E-state index is 12.4. The van der Waals surface area contributed by atoms with Gasteiger partial charge in [0.2, 0.25) is 0 Å². The van der Waals surface area contributed by atoms with Crippen molar-refractivity contribution in [3.05, 3.63) is 24.0 Å². The standard InChI is InChI=1S/C14H23N3O2/c1-4-8-17(10-14(2,3)9-15)13(19)12-11(18)6-5-7-16-12/h5-7,18H,4,8-10,15H2,1-3H3. The zero-order chi connectivity index (χ0) is 14.5. The minimum atomic E-state index is -0.249. The van der Waals surface area contributed by atoms with Gasteiger partial charge < -0.3 is 15.7 Å². The first-order chi connectivity index (χ1) is 8.91. The number of hydrogen-bond donors (Lipinski definition) is 2. The number of carbonyl (C=O) groups excluding carboxylic acids is 1. The molecule has 1 aromatic rings. The molecule has 0 atom stereocenters. The van der Waals surface area contributed by atoms with Gasteiger partial charge in [-0.15, -0.1) is 0 Å². The SMILES string of the molecule is CCCN(CC(C)(C)CN)C(=O)c1ncccc1O. The molecule has 5 nitrogen and oxygen atoms in total. The van der Waals surface area contributed by atoms with E-state index in [4.69, 9.17) is 5.73 Å². The lowest BCUT2D eigenvalue weighted by Crippen LogP contribution is -2.42. The molecule has 19 heavy (non-hydrogen) atoms. The summed E-state index contributed by atoms with van der Waals surface area (Å²) in [6.45, 7) is 7.70. The Kier molecular flexibility index (Phi) is 5.30. The van der Waals surface area contributed by atoms with Crippen molar-refractivity contribution in [1.29, 1.82) is 0 Å². The molecule has 0 saturated carbocycles. The Hall–Kier alpha value is -1.62. The molecule has 0 aromatic carbocycles. The van der Waals surface area contributed by atoms with Gasteiger partial charge in [-0.05, 0) is 30.5 Å². The minimum Gasteiger partial charge on any atom is -0.505 e. The topological polar surface area (TPSA) is 79.5 Å². The van der Waals surface area contributed by atoms with E-state index in [1.165, 1.54) is 12.3 Å². The maximum atomic E-state index is 12.4. The molecule has 1 heterocycles. The summed E-state index contributed by atoms with van der Waals surface area (Å²) in [6, 6.07) is 3.07. The lowest BCUT2D eigenvalue weighted by molar-refractivity contribution is 0.0680. The molecule has 0 aliphatic rings. The molecule has 106 valence electrons. The monoisotopic (exact) mass is 265 g/mol. The number of carbonyl (C=O) groups is 1. The maximum Gasteiger partial charge on any atom is 0.276 e. The number of nitrogens with zero attached hydrogens (tertiary/aromatic N) is 2. The van der Waals surface area contributed by atoms with Gasteiger partial charge in [0.15, 0.2) is 5.69 Å². The Morgan fingerprint density at radius 3 is 2.74 bits per heavy atom. The molecule has 1 amide bonds. The van der Waals surface area contributed by atoms with Crippen molar-refractivity contribution in [3.63, 3.8) is 0 Å². The highest BCUT2D eigenvalue weighted by Crippen LogP contribution is 2.20. The molecule has 0 bridgehead atoms. The first kappa shape index (κ1) is 15.4. The summed E-state index contributed by atoms with van der Waals surface area (Å²) in [5.74, 6) is -0.333. The quantitative estimate of drug-likeness (QED) is 0.819. The van der Waals surface area contributed by atoms with Crippen LogP contribution < -0.4 is 5.73 Å². The summed E-state index contributed by atoms with van der Waals surface area (Å²) < 4.78 is 0. The predicted molar refractivity (Wildman–Crippen MR) is 74.9 cm³/mol. The van der Waals surface area contributed by atoms with Crippen LogP contribution in [-0.4, -0.2) is 40.5 Å². The van der Waals surface area contributed by atoms with Gasteiger partial charge >= 0.3 is 0 Å². The third-order valence-corrected chi connectivity index (χ3v) is 2.94. The molecule has 5 heteroatoms. The second kappa shape index (κ2) is 6.52. The summed E-state index contributed by atoms with van der Waals surface area (Å²) in [4.78, 5) is 18.1. The van der Waals surface area contributed by atoms with Crippen molar-refractivity contribution >= 4 is 5.91 Å². The van der Waals surface area contributed by atoms with Crippen molar-refractivity contribution in [2.45, 2.75) is 27.2 Å². The van der Waals surface area contributed by atoms with E-state index in [1.807, 2.05) is 20.8 Å². The molecule has 0 unspecified atom stereocenters. The molecule has 0 saturated heterocycles. The highest BCUT2D eigenvalue weighted by atomic mass is 16.3. The largest absolute Gasteiger partial charge is 0.505 e. The van der Waals surface area contributed by atoms with Gasteiger partial charge in [-0.2, -0.15) is 0 Å². The molecular formula is C14H23N3O2. The number of amides is 1. The second-order valence-electron chi connectivity index (χ2n) is 5.47. The molecule has 1 aromatic heterocycles. The van der Waals surface area contributed by atoms with Crippen molar-refractivity contribution in [3.8, 4) is 5.75 Å². The van der Waals surface area contributed by atoms with Crippen LogP contribution in [0.1, 0.15) is 37.7 Å². The Morgan fingerprint density at radius 2 is 2.21 bits per heavy atom. The highest BCUT2D eigenvalue weighted by Gasteiger charge is 2.26. The Morgan fingerprint density at radius 1 is 1.53 bits per heavy atom. The van der Waals surface area contributed by atoms with E-state index in [-0.39, 0.29) is 22.8 Å². The third-order valence-electron chi connectivity index (χ3n) is 2.94. The molecule has 0 aliphatic heterocycles. The predicted octanol–water partition coefficient (Wildman–Crippen LogP) is 1.62. The van der Waals surface area contributed by atoms with Crippen LogP contribution in [0.5, 0.6) is 5.75 Å². The average Bonchev–Trinajstić information content (AvgIpc) is 2.38. The van der Waals surface area contributed by atoms with Crippen LogP contribution in [0.25, 0.3) is 0 Å². The second-order valence-corrected chi connectivity index (χ2v) is 5.47. The summed E-state index contributed by atoms with van der Waals surface area (Å²) in [5.41, 5.74) is 5.66. The lowest BCUT2D eigenvalue weighted by atomic mass is 9.93. The first-order valence-electron chi connectivity index (χ1n) is 6.54. The van der Waals surface area contributed by atoms with E-state index < -0.39 is 0 Å². The van der Waals surface area contributed by atoms with Crippen molar-refractivity contribution < 1.29 is 9.90 Å². The van der Waals surface area contributed by atoms with E-state index >= 15 is 0 Å². The number of rotatable bonds is 6. The van der Waals surface area contributed by atoms with E-state index in [9.17, 15) is 9.90 Å². The molecule has 1 rings (SSSR count). The molecule has 0 radical (unpaired) electrons.